The van der Waals surface area contributed by atoms with Gasteiger partial charge in [-0.25, -0.2) is 0 Å². The number of ether oxygens (including phenoxy) is 2. The topological polar surface area (TPSA) is 193 Å². The highest BCUT2D eigenvalue weighted by atomic mass is 17.0. The van der Waals surface area contributed by atoms with Crippen molar-refractivity contribution in [1.82, 2.24) is 5.23 Å². The number of fused-ring (bicyclic) bond motifs is 1. The monoisotopic (exact) mass is 589 g/mol. The van der Waals surface area contributed by atoms with Gasteiger partial charge in [0.05, 0.1) is 44.1 Å². The van der Waals surface area contributed by atoms with Crippen LogP contribution in [0.15, 0.2) is 46.7 Å². The van der Waals surface area contributed by atoms with E-state index >= 15 is 0 Å². The number of aliphatic hydroxyl groups is 5. The van der Waals surface area contributed by atoms with Gasteiger partial charge in [0.15, 0.2) is 23.6 Å². The zero-order valence-corrected chi connectivity index (χ0v) is 23.1. The Morgan fingerprint density at radius 1 is 1.10 bits per heavy atom. The number of nitrogens with zero attached hydrogens (tertiary/aromatic N) is 1. The van der Waals surface area contributed by atoms with E-state index in [1.54, 1.807) is 12.1 Å². The lowest BCUT2D eigenvalue weighted by Gasteiger charge is -2.38. The van der Waals surface area contributed by atoms with Gasteiger partial charge in [0.25, 0.3) is 0 Å². The molecule has 13 nitrogen and oxygen atoms in total. The van der Waals surface area contributed by atoms with E-state index in [-0.39, 0.29) is 53.8 Å². The number of carbonyl (C=O) groups excluding carboxylic acids is 3. The molecule has 1 aromatic carbocycles. The molecule has 5 N–H and O–H groups in total. The first-order chi connectivity index (χ1) is 20.0. The van der Waals surface area contributed by atoms with Crippen molar-refractivity contribution in [2.75, 3.05) is 33.0 Å². The zero-order valence-electron chi connectivity index (χ0n) is 23.1. The molecular formula is C29H35NO12. The first-order valence-electron chi connectivity index (χ1n) is 13.9. The number of carbonyl (C=O) groups is 3. The minimum Gasteiger partial charge on any atom is -0.507 e. The molecule has 2 aliphatic heterocycles. The van der Waals surface area contributed by atoms with E-state index in [0.29, 0.717) is 25.8 Å². The molecule has 0 radical (unpaired) electrons. The molecule has 228 valence electrons. The lowest BCUT2D eigenvalue weighted by Crippen LogP contribution is -2.45. The van der Waals surface area contributed by atoms with Crippen molar-refractivity contribution in [3.05, 3.63) is 57.9 Å². The van der Waals surface area contributed by atoms with Gasteiger partial charge in [-0.2, -0.15) is 0 Å². The highest BCUT2D eigenvalue weighted by Crippen LogP contribution is 2.43. The lowest BCUT2D eigenvalue weighted by molar-refractivity contribution is -0.413. The SMILES string of the molecule is C[C@@](O)(CC1=C(O)C2=C(C(=O)c3ccccc3C2=O)C(O)C1COC1CC[C@H](ON2CC[C@H](O)CO2)CO1)C(=O)CO. The number of hydroxylamine groups is 2. The molecule has 2 saturated heterocycles. The Morgan fingerprint density at radius 2 is 1.81 bits per heavy atom. The molecule has 2 aliphatic carbocycles. The fourth-order valence-electron chi connectivity index (χ4n) is 5.64. The molecule has 0 spiro atoms. The highest BCUT2D eigenvalue weighted by molar-refractivity contribution is 6.29. The molecule has 42 heavy (non-hydrogen) atoms. The fraction of sp³-hybridized carbons (Fsp3) is 0.552. The van der Waals surface area contributed by atoms with Crippen LogP contribution in [-0.4, -0.2) is 111 Å². The third-order valence-electron chi connectivity index (χ3n) is 8.08. The van der Waals surface area contributed by atoms with Crippen molar-refractivity contribution in [2.24, 2.45) is 5.92 Å². The van der Waals surface area contributed by atoms with Crippen molar-refractivity contribution in [3.8, 4) is 0 Å². The highest BCUT2D eigenvalue weighted by Gasteiger charge is 2.47. The van der Waals surface area contributed by atoms with Gasteiger partial charge in [-0.15, -0.1) is 0 Å². The molecule has 3 unspecified atom stereocenters. The first kappa shape index (κ1) is 30.6. The number of Topliss-reactive ketones (excluding diaryl/α,β-unsaturated/α-hetero) is 3. The standard InChI is InChI=1S/C29H35NO12/c1-29(38,21(33)11-31)10-19-20(14-40-22-7-6-16(13-39-22)42-30-9-8-15(32)12-41-30)28(37)24-23(27(19)36)25(34)17-4-2-3-5-18(17)26(24)35/h2-5,15-16,20,22,28,31-32,36-38H,6-14H2,1H3/t15-,16-,20?,22?,28?,29+/m0/s1. The normalized spacial score (nSPS) is 30.2. The Hall–Kier alpha value is -2.85. The summed E-state index contributed by atoms with van der Waals surface area (Å²) in [5.41, 5.74) is -2.72. The molecule has 4 aliphatic rings. The van der Waals surface area contributed by atoms with Crippen molar-refractivity contribution < 1.29 is 59.1 Å². The van der Waals surface area contributed by atoms with E-state index in [1.165, 1.54) is 17.4 Å². The number of hydrogen-bond donors (Lipinski definition) is 5. The summed E-state index contributed by atoms with van der Waals surface area (Å²) in [6, 6.07) is 6.06. The molecule has 5 rings (SSSR count). The minimum atomic E-state index is -2.15. The quantitative estimate of drug-likeness (QED) is 0.265. The van der Waals surface area contributed by atoms with Crippen molar-refractivity contribution in [1.29, 1.82) is 0 Å². The van der Waals surface area contributed by atoms with E-state index in [9.17, 15) is 39.9 Å². The van der Waals surface area contributed by atoms with Crippen molar-refractivity contribution >= 4 is 17.3 Å². The summed E-state index contributed by atoms with van der Waals surface area (Å²) in [5.74, 6) is -3.97. The Kier molecular flexibility index (Phi) is 9.04. The maximum Gasteiger partial charge on any atom is 0.198 e. The van der Waals surface area contributed by atoms with Crippen LogP contribution in [0, 0.1) is 5.92 Å². The largest absolute Gasteiger partial charge is 0.507 e. The minimum absolute atomic E-state index is 0.0602. The van der Waals surface area contributed by atoms with Gasteiger partial charge in [-0.1, -0.05) is 29.5 Å². The van der Waals surface area contributed by atoms with Crippen LogP contribution in [0.3, 0.4) is 0 Å². The second-order valence-corrected chi connectivity index (χ2v) is 11.1. The molecule has 13 heteroatoms. The summed E-state index contributed by atoms with van der Waals surface area (Å²) >= 11 is 0. The van der Waals surface area contributed by atoms with Crippen LogP contribution in [-0.2, 0) is 23.9 Å². The second kappa shape index (κ2) is 12.4. The van der Waals surface area contributed by atoms with Crippen LogP contribution in [0.2, 0.25) is 0 Å². The van der Waals surface area contributed by atoms with Crippen LogP contribution in [0.5, 0.6) is 0 Å². The van der Waals surface area contributed by atoms with E-state index in [1.807, 2.05) is 0 Å². The molecule has 0 saturated carbocycles. The number of ketones is 3. The number of hydrogen-bond acceptors (Lipinski definition) is 13. The molecule has 6 atom stereocenters. The Labute approximate surface area is 241 Å². The third-order valence-corrected chi connectivity index (χ3v) is 8.08. The Balaban J connectivity index is 1.34. The van der Waals surface area contributed by atoms with Crippen molar-refractivity contribution in [2.45, 2.75) is 62.8 Å². The smallest absolute Gasteiger partial charge is 0.198 e. The lowest BCUT2D eigenvalue weighted by atomic mass is 9.70. The van der Waals surface area contributed by atoms with Crippen molar-refractivity contribution in [3.63, 3.8) is 0 Å². The molecule has 2 fully saturated rings. The maximum absolute atomic E-state index is 13.4. The summed E-state index contributed by atoms with van der Waals surface area (Å²) < 4.78 is 11.7. The van der Waals surface area contributed by atoms with E-state index in [2.05, 4.69) is 0 Å². The van der Waals surface area contributed by atoms with Gasteiger partial charge in [-0.3, -0.25) is 24.1 Å². The maximum atomic E-state index is 13.4. The summed E-state index contributed by atoms with van der Waals surface area (Å²) in [7, 11) is 0. The molecule has 0 bridgehead atoms. The average molecular weight is 590 g/mol. The van der Waals surface area contributed by atoms with Crippen LogP contribution >= 0.6 is 0 Å². The van der Waals surface area contributed by atoms with Gasteiger partial charge >= 0.3 is 0 Å². The van der Waals surface area contributed by atoms with E-state index in [0.717, 1.165) is 6.92 Å². The number of allylic oxidation sites excluding steroid dienone is 1. The summed E-state index contributed by atoms with van der Waals surface area (Å²) in [5, 5.41) is 53.9. The Morgan fingerprint density at radius 3 is 2.43 bits per heavy atom. The average Bonchev–Trinajstić information content (AvgIpc) is 2.98. The van der Waals surface area contributed by atoms with Crippen LogP contribution < -0.4 is 0 Å². The van der Waals surface area contributed by atoms with Crippen LogP contribution in [0.4, 0.5) is 0 Å². The molecule has 0 aromatic heterocycles. The molecule has 0 amide bonds. The van der Waals surface area contributed by atoms with Crippen LogP contribution in [0.1, 0.15) is 53.3 Å². The fourth-order valence-corrected chi connectivity index (χ4v) is 5.64. The number of aliphatic hydroxyl groups excluding tert-OH is 4. The predicted octanol–water partition coefficient (Wildman–Crippen LogP) is 0.319. The van der Waals surface area contributed by atoms with Gasteiger partial charge in [-0.05, 0) is 25.3 Å². The van der Waals surface area contributed by atoms with Gasteiger partial charge in [0, 0.05) is 35.5 Å². The predicted molar refractivity (Wildman–Crippen MR) is 142 cm³/mol. The van der Waals surface area contributed by atoms with Gasteiger partial charge in [0.2, 0.25) is 0 Å². The molecular weight excluding hydrogens is 554 g/mol. The van der Waals surface area contributed by atoms with Gasteiger partial charge in [0.1, 0.15) is 24.1 Å². The summed E-state index contributed by atoms with van der Waals surface area (Å²) in [4.78, 5) is 50.2. The summed E-state index contributed by atoms with van der Waals surface area (Å²) in [6.45, 7) is 0.606. The zero-order chi connectivity index (χ0) is 30.2. The second-order valence-electron chi connectivity index (χ2n) is 11.1. The van der Waals surface area contributed by atoms with Crippen LogP contribution in [0.25, 0.3) is 0 Å². The number of rotatable bonds is 9. The van der Waals surface area contributed by atoms with E-state index < -0.39 is 66.2 Å². The first-order valence-corrected chi connectivity index (χ1v) is 13.9. The third kappa shape index (κ3) is 5.97. The number of benzene rings is 1. The Bertz CT molecular complexity index is 1290. The van der Waals surface area contributed by atoms with Gasteiger partial charge < -0.3 is 35.0 Å². The summed E-state index contributed by atoms with van der Waals surface area (Å²) in [6.07, 6.45) is -2.28. The van der Waals surface area contributed by atoms with E-state index in [4.69, 9.17) is 19.1 Å². The molecule has 1 aromatic rings. The molecule has 2 heterocycles.